The Morgan fingerprint density at radius 1 is 1.24 bits per heavy atom. The number of hydrogen-bond donors (Lipinski definition) is 2. The summed E-state index contributed by atoms with van der Waals surface area (Å²) in [5.41, 5.74) is 3.91. The standard InChI is InChI=1S/C19H17N7O2S/c1-10-14-16(11-5-3-4-6-12(11)28-2)29-7-13(27)24-18(14)26(25-10)19-15-17(21-8-20-15)22-9-23-19/h3-6,8-9,16H,7H2,1-2H3,(H,24,27)(H,20,21,22,23)/t16-/m0/s1. The van der Waals surface area contributed by atoms with Gasteiger partial charge in [-0.3, -0.25) is 4.79 Å². The summed E-state index contributed by atoms with van der Waals surface area (Å²) < 4.78 is 7.23. The van der Waals surface area contributed by atoms with Crippen LogP contribution in [0.15, 0.2) is 36.9 Å². The van der Waals surface area contributed by atoms with E-state index >= 15 is 0 Å². The molecule has 4 heterocycles. The Morgan fingerprint density at radius 2 is 2.10 bits per heavy atom. The SMILES string of the molecule is COc1ccccc1[C@@H]1SCC(=O)Nc2c1c(C)nn2-c1ncnc2nc[nH]c12. The number of methoxy groups -OCH3 is 1. The Morgan fingerprint density at radius 3 is 2.97 bits per heavy atom. The van der Waals surface area contributed by atoms with Crippen LogP contribution in [-0.4, -0.2) is 48.5 Å². The number of nitrogens with zero attached hydrogens (tertiary/aromatic N) is 5. The molecule has 0 saturated carbocycles. The van der Waals surface area contributed by atoms with Crippen LogP contribution >= 0.6 is 11.8 Å². The average molecular weight is 407 g/mol. The van der Waals surface area contributed by atoms with Crippen molar-refractivity contribution < 1.29 is 9.53 Å². The number of aromatic nitrogens is 6. The number of para-hydroxylation sites is 1. The molecule has 0 radical (unpaired) electrons. The number of carbonyl (C=O) groups excluding carboxylic acids is 1. The van der Waals surface area contributed by atoms with E-state index in [1.165, 1.54) is 6.33 Å². The topological polar surface area (TPSA) is 111 Å². The highest BCUT2D eigenvalue weighted by Gasteiger charge is 2.32. The van der Waals surface area contributed by atoms with Crippen LogP contribution < -0.4 is 10.1 Å². The van der Waals surface area contributed by atoms with Crippen LogP contribution in [-0.2, 0) is 4.79 Å². The fourth-order valence-electron chi connectivity index (χ4n) is 3.58. The molecule has 0 spiro atoms. The lowest BCUT2D eigenvalue weighted by molar-refractivity contribution is -0.113. The number of fused-ring (bicyclic) bond motifs is 2. The van der Waals surface area contributed by atoms with Crippen LogP contribution in [0.1, 0.15) is 22.1 Å². The molecular formula is C19H17N7O2S. The molecule has 29 heavy (non-hydrogen) atoms. The number of aromatic amines is 1. The van der Waals surface area contributed by atoms with E-state index in [0.29, 0.717) is 28.6 Å². The van der Waals surface area contributed by atoms with Gasteiger partial charge >= 0.3 is 0 Å². The molecule has 0 fully saturated rings. The van der Waals surface area contributed by atoms with Crippen molar-refractivity contribution in [1.29, 1.82) is 0 Å². The van der Waals surface area contributed by atoms with Crippen molar-refractivity contribution in [3.63, 3.8) is 0 Å². The van der Waals surface area contributed by atoms with Gasteiger partial charge in [-0.05, 0) is 13.0 Å². The number of hydrogen-bond acceptors (Lipinski definition) is 7. The molecule has 1 amide bonds. The highest BCUT2D eigenvalue weighted by atomic mass is 32.2. The van der Waals surface area contributed by atoms with E-state index in [2.05, 4.69) is 25.3 Å². The number of rotatable bonds is 3. The minimum atomic E-state index is -0.118. The van der Waals surface area contributed by atoms with E-state index in [0.717, 1.165) is 22.6 Å². The molecule has 5 rings (SSSR count). The molecule has 3 aromatic heterocycles. The third-order valence-corrected chi connectivity index (χ3v) is 6.08. The second-order valence-corrected chi connectivity index (χ2v) is 7.63. The fourth-order valence-corrected chi connectivity index (χ4v) is 4.79. The predicted octanol–water partition coefficient (Wildman–Crippen LogP) is 2.63. The number of ether oxygens (including phenoxy) is 1. The maximum Gasteiger partial charge on any atom is 0.235 e. The number of amides is 1. The van der Waals surface area contributed by atoms with Gasteiger partial charge in [0, 0.05) is 11.1 Å². The lowest BCUT2D eigenvalue weighted by atomic mass is 10.0. The Kier molecular flexibility index (Phi) is 4.20. The summed E-state index contributed by atoms with van der Waals surface area (Å²) in [7, 11) is 1.65. The minimum absolute atomic E-state index is 0.0929. The smallest absolute Gasteiger partial charge is 0.235 e. The minimum Gasteiger partial charge on any atom is -0.496 e. The Labute approximate surface area is 169 Å². The van der Waals surface area contributed by atoms with E-state index in [-0.39, 0.29) is 11.2 Å². The zero-order valence-electron chi connectivity index (χ0n) is 15.7. The number of thioether (sulfide) groups is 1. The number of aryl methyl sites for hydroxylation is 1. The number of H-pyrrole nitrogens is 1. The molecule has 0 unspecified atom stereocenters. The number of carbonyl (C=O) groups is 1. The quantitative estimate of drug-likeness (QED) is 0.537. The summed E-state index contributed by atoms with van der Waals surface area (Å²) in [4.78, 5) is 28.3. The highest BCUT2D eigenvalue weighted by Crippen LogP contribution is 2.46. The maximum atomic E-state index is 12.5. The third-order valence-electron chi connectivity index (χ3n) is 4.83. The van der Waals surface area contributed by atoms with E-state index in [9.17, 15) is 4.79 Å². The molecule has 1 atom stereocenters. The van der Waals surface area contributed by atoms with Crippen molar-refractivity contribution in [2.45, 2.75) is 12.2 Å². The van der Waals surface area contributed by atoms with Gasteiger partial charge in [-0.15, -0.1) is 11.8 Å². The normalized spacial score (nSPS) is 16.3. The molecule has 2 N–H and O–H groups in total. The van der Waals surface area contributed by atoms with E-state index in [1.54, 1.807) is 29.9 Å². The molecule has 1 aliphatic rings. The zero-order chi connectivity index (χ0) is 20.0. The monoisotopic (exact) mass is 407 g/mol. The molecule has 1 aromatic carbocycles. The lowest BCUT2D eigenvalue weighted by Gasteiger charge is -2.18. The Bertz CT molecular complexity index is 1230. The molecule has 0 saturated heterocycles. The molecule has 0 bridgehead atoms. The summed E-state index contributed by atoms with van der Waals surface area (Å²) in [5, 5.41) is 7.60. The first-order valence-corrected chi connectivity index (χ1v) is 10.0. The van der Waals surface area contributed by atoms with Gasteiger partial charge in [-0.1, -0.05) is 18.2 Å². The Balaban J connectivity index is 1.75. The molecule has 146 valence electrons. The summed E-state index contributed by atoms with van der Waals surface area (Å²) in [6.45, 7) is 1.93. The van der Waals surface area contributed by atoms with Gasteiger partial charge in [0.25, 0.3) is 0 Å². The summed E-state index contributed by atoms with van der Waals surface area (Å²) in [5.74, 6) is 2.13. The van der Waals surface area contributed by atoms with Crippen LogP contribution in [0.25, 0.3) is 17.0 Å². The van der Waals surface area contributed by atoms with Gasteiger partial charge in [0.2, 0.25) is 5.91 Å². The number of nitrogens with one attached hydrogen (secondary N) is 2. The van der Waals surface area contributed by atoms with Crippen LogP contribution in [0, 0.1) is 6.92 Å². The van der Waals surface area contributed by atoms with Gasteiger partial charge in [0.1, 0.15) is 23.4 Å². The summed E-state index contributed by atoms with van der Waals surface area (Å²) in [6.07, 6.45) is 3.00. The first kappa shape index (κ1) is 17.7. The van der Waals surface area contributed by atoms with Crippen molar-refractivity contribution >= 4 is 34.7 Å². The highest BCUT2D eigenvalue weighted by molar-refractivity contribution is 8.00. The van der Waals surface area contributed by atoms with Gasteiger partial charge in [-0.2, -0.15) is 9.78 Å². The number of benzene rings is 1. The summed E-state index contributed by atoms with van der Waals surface area (Å²) in [6, 6.07) is 7.84. The zero-order valence-corrected chi connectivity index (χ0v) is 16.5. The van der Waals surface area contributed by atoms with Crippen molar-refractivity contribution in [2.24, 2.45) is 0 Å². The van der Waals surface area contributed by atoms with Crippen molar-refractivity contribution in [3.8, 4) is 11.6 Å². The van der Waals surface area contributed by atoms with Gasteiger partial charge in [-0.25, -0.2) is 15.0 Å². The van der Waals surface area contributed by atoms with Gasteiger partial charge in [0.15, 0.2) is 11.5 Å². The second kappa shape index (κ2) is 6.89. The molecule has 4 aromatic rings. The van der Waals surface area contributed by atoms with Crippen molar-refractivity contribution in [3.05, 3.63) is 53.7 Å². The average Bonchev–Trinajstić information content (AvgIpc) is 3.29. The Hall–Kier alpha value is -3.40. The second-order valence-electron chi connectivity index (χ2n) is 6.54. The van der Waals surface area contributed by atoms with Gasteiger partial charge < -0.3 is 15.0 Å². The first-order chi connectivity index (χ1) is 14.2. The van der Waals surface area contributed by atoms with Crippen molar-refractivity contribution in [1.82, 2.24) is 29.7 Å². The largest absolute Gasteiger partial charge is 0.496 e. The first-order valence-electron chi connectivity index (χ1n) is 8.95. The molecule has 0 aliphatic carbocycles. The van der Waals surface area contributed by atoms with E-state index in [4.69, 9.17) is 9.84 Å². The van der Waals surface area contributed by atoms with Crippen LogP contribution in [0.4, 0.5) is 5.82 Å². The van der Waals surface area contributed by atoms with Gasteiger partial charge in [0.05, 0.1) is 30.1 Å². The predicted molar refractivity (Wildman–Crippen MR) is 109 cm³/mol. The number of imidazole rings is 1. The molecule has 10 heteroatoms. The van der Waals surface area contributed by atoms with Crippen molar-refractivity contribution in [2.75, 3.05) is 18.2 Å². The van der Waals surface area contributed by atoms with E-state index < -0.39 is 0 Å². The van der Waals surface area contributed by atoms with Crippen LogP contribution in [0.5, 0.6) is 5.75 Å². The number of anilines is 1. The molecule has 1 aliphatic heterocycles. The molecular weight excluding hydrogens is 390 g/mol. The lowest BCUT2D eigenvalue weighted by Crippen LogP contribution is -2.16. The summed E-state index contributed by atoms with van der Waals surface area (Å²) >= 11 is 1.55. The van der Waals surface area contributed by atoms with Crippen LogP contribution in [0.2, 0.25) is 0 Å². The third kappa shape index (κ3) is 2.83. The van der Waals surface area contributed by atoms with E-state index in [1.807, 2.05) is 31.2 Å². The fraction of sp³-hybridized carbons (Fsp3) is 0.211. The van der Waals surface area contributed by atoms with Crippen LogP contribution in [0.3, 0.4) is 0 Å². The maximum absolute atomic E-state index is 12.5. The molecule has 9 nitrogen and oxygen atoms in total.